The van der Waals surface area contributed by atoms with Crippen LogP contribution in [0.1, 0.15) is 47.2 Å². The Hall–Kier alpha value is -1.89. The summed E-state index contributed by atoms with van der Waals surface area (Å²) in [6, 6.07) is 12.7. The number of benzene rings is 2. The fraction of sp³-hybridized carbons (Fsp3) is 0.409. The number of carbonyl (C=O) groups excluding carboxylic acids is 1. The third-order valence-corrected chi connectivity index (χ3v) is 8.16. The zero-order chi connectivity index (χ0) is 20.4. The molecule has 0 aromatic heterocycles. The van der Waals surface area contributed by atoms with Crippen molar-refractivity contribution in [2.24, 2.45) is 0 Å². The maximum atomic E-state index is 13.2. The minimum atomic E-state index is -3.72. The number of halogens is 1. The van der Waals surface area contributed by atoms with Crippen LogP contribution in [-0.2, 0) is 23.0 Å². The van der Waals surface area contributed by atoms with Crippen LogP contribution in [0, 0.1) is 0 Å². The maximum absolute atomic E-state index is 13.2. The standard InChI is InChI=1S/C22H25ClN2O3S/c23-20-10-9-18(15-21(20)29(27,28)25-12-5-1-2-6-13-25)22(26)24-14-11-17-7-3-4-8-19(17)16-24/h3-4,7-10,15H,1-2,5-6,11-14,16H2. The highest BCUT2D eigenvalue weighted by Crippen LogP contribution is 2.29. The first kappa shape index (κ1) is 20.4. The zero-order valence-electron chi connectivity index (χ0n) is 16.3. The van der Waals surface area contributed by atoms with Crippen LogP contribution >= 0.6 is 11.6 Å². The molecule has 4 rings (SSSR count). The summed E-state index contributed by atoms with van der Waals surface area (Å²) in [5.74, 6) is -0.163. The number of rotatable bonds is 3. The second-order valence-electron chi connectivity index (χ2n) is 7.71. The van der Waals surface area contributed by atoms with Crippen LogP contribution in [0.5, 0.6) is 0 Å². The molecule has 2 aliphatic heterocycles. The van der Waals surface area contributed by atoms with E-state index in [9.17, 15) is 13.2 Å². The Kier molecular flexibility index (Phi) is 5.95. The van der Waals surface area contributed by atoms with E-state index in [0.29, 0.717) is 31.7 Å². The Labute approximate surface area is 177 Å². The minimum absolute atomic E-state index is 0.0318. The summed E-state index contributed by atoms with van der Waals surface area (Å²) >= 11 is 6.27. The van der Waals surface area contributed by atoms with Crippen molar-refractivity contribution >= 4 is 27.5 Å². The molecule has 0 N–H and O–H groups in total. The van der Waals surface area contributed by atoms with Crippen LogP contribution in [0.15, 0.2) is 47.4 Å². The van der Waals surface area contributed by atoms with E-state index in [0.717, 1.165) is 37.7 Å². The van der Waals surface area contributed by atoms with Crippen molar-refractivity contribution in [1.82, 2.24) is 9.21 Å². The molecule has 1 amide bonds. The third-order valence-electron chi connectivity index (χ3n) is 5.78. The molecule has 1 fully saturated rings. The smallest absolute Gasteiger partial charge is 0.254 e. The van der Waals surface area contributed by atoms with Gasteiger partial charge in [0.2, 0.25) is 10.0 Å². The van der Waals surface area contributed by atoms with Gasteiger partial charge in [-0.1, -0.05) is 48.7 Å². The highest BCUT2D eigenvalue weighted by Gasteiger charge is 2.29. The summed E-state index contributed by atoms with van der Waals surface area (Å²) in [6.07, 6.45) is 4.57. The average Bonchev–Trinajstić information content (AvgIpc) is 3.03. The molecule has 29 heavy (non-hydrogen) atoms. The lowest BCUT2D eigenvalue weighted by Crippen LogP contribution is -2.36. The Balaban J connectivity index is 1.60. The van der Waals surface area contributed by atoms with E-state index in [1.807, 2.05) is 18.2 Å². The topological polar surface area (TPSA) is 57.7 Å². The second-order valence-corrected chi connectivity index (χ2v) is 10.0. The summed E-state index contributed by atoms with van der Waals surface area (Å²) < 4.78 is 27.9. The van der Waals surface area contributed by atoms with Crippen molar-refractivity contribution in [3.05, 3.63) is 64.2 Å². The zero-order valence-corrected chi connectivity index (χ0v) is 17.9. The van der Waals surface area contributed by atoms with Crippen LogP contribution in [0.25, 0.3) is 0 Å². The molecular formula is C22H25ClN2O3S. The minimum Gasteiger partial charge on any atom is -0.334 e. The third kappa shape index (κ3) is 4.20. The SMILES string of the molecule is O=C(c1ccc(Cl)c(S(=O)(=O)N2CCCCCC2)c1)N1CCc2ccccc2C1. The number of amides is 1. The van der Waals surface area contributed by atoms with Crippen molar-refractivity contribution in [3.63, 3.8) is 0 Å². The molecule has 5 nitrogen and oxygen atoms in total. The van der Waals surface area contributed by atoms with E-state index in [1.165, 1.54) is 22.0 Å². The first-order valence-electron chi connectivity index (χ1n) is 10.1. The molecule has 2 aliphatic rings. The quantitative estimate of drug-likeness (QED) is 0.733. The molecule has 154 valence electrons. The number of hydrogen-bond acceptors (Lipinski definition) is 3. The van der Waals surface area contributed by atoms with Gasteiger partial charge in [-0.05, 0) is 48.6 Å². The fourth-order valence-electron chi connectivity index (χ4n) is 4.11. The molecule has 2 heterocycles. The molecule has 0 spiro atoms. The number of fused-ring (bicyclic) bond motifs is 1. The molecule has 2 aromatic carbocycles. The van der Waals surface area contributed by atoms with Crippen LogP contribution in [0.4, 0.5) is 0 Å². The summed E-state index contributed by atoms with van der Waals surface area (Å²) in [6.45, 7) is 2.15. The van der Waals surface area contributed by atoms with Crippen LogP contribution in [-0.4, -0.2) is 43.2 Å². The number of carbonyl (C=O) groups is 1. The maximum Gasteiger partial charge on any atom is 0.254 e. The van der Waals surface area contributed by atoms with Crippen molar-refractivity contribution in [3.8, 4) is 0 Å². The number of nitrogens with zero attached hydrogens (tertiary/aromatic N) is 2. The Morgan fingerprint density at radius 2 is 1.59 bits per heavy atom. The monoisotopic (exact) mass is 432 g/mol. The summed E-state index contributed by atoms with van der Waals surface area (Å²) in [5.41, 5.74) is 2.76. The number of hydrogen-bond donors (Lipinski definition) is 0. The van der Waals surface area contributed by atoms with E-state index in [4.69, 9.17) is 11.6 Å². The molecule has 0 aliphatic carbocycles. The largest absolute Gasteiger partial charge is 0.334 e. The highest BCUT2D eigenvalue weighted by molar-refractivity contribution is 7.89. The Bertz CT molecular complexity index is 1010. The first-order chi connectivity index (χ1) is 14.0. The van der Waals surface area contributed by atoms with Crippen LogP contribution < -0.4 is 0 Å². The fourth-order valence-corrected chi connectivity index (χ4v) is 6.12. The van der Waals surface area contributed by atoms with E-state index >= 15 is 0 Å². The normalized spacial score (nSPS) is 18.2. The lowest BCUT2D eigenvalue weighted by Gasteiger charge is -2.29. The average molecular weight is 433 g/mol. The van der Waals surface area contributed by atoms with Gasteiger partial charge in [0.25, 0.3) is 5.91 Å². The molecule has 2 aromatic rings. The number of sulfonamides is 1. The van der Waals surface area contributed by atoms with Gasteiger partial charge in [-0.2, -0.15) is 4.31 Å². The van der Waals surface area contributed by atoms with Crippen molar-refractivity contribution < 1.29 is 13.2 Å². The second kappa shape index (κ2) is 8.46. The van der Waals surface area contributed by atoms with Gasteiger partial charge in [0.05, 0.1) is 5.02 Å². The van der Waals surface area contributed by atoms with Gasteiger partial charge in [0.15, 0.2) is 0 Å². The summed E-state index contributed by atoms with van der Waals surface area (Å²) in [7, 11) is -3.72. The molecule has 0 unspecified atom stereocenters. The van der Waals surface area contributed by atoms with Gasteiger partial charge in [-0.3, -0.25) is 4.79 Å². The van der Waals surface area contributed by atoms with Gasteiger partial charge >= 0.3 is 0 Å². The van der Waals surface area contributed by atoms with E-state index in [-0.39, 0.29) is 15.8 Å². The lowest BCUT2D eigenvalue weighted by atomic mass is 9.99. The molecular weight excluding hydrogens is 408 g/mol. The van der Waals surface area contributed by atoms with Crippen LogP contribution in [0.2, 0.25) is 5.02 Å². The molecule has 0 atom stereocenters. The van der Waals surface area contributed by atoms with Gasteiger partial charge < -0.3 is 4.90 Å². The molecule has 7 heteroatoms. The highest BCUT2D eigenvalue weighted by atomic mass is 35.5. The molecule has 0 saturated carbocycles. The predicted octanol–water partition coefficient (Wildman–Crippen LogP) is 4.10. The Morgan fingerprint density at radius 3 is 2.31 bits per heavy atom. The Morgan fingerprint density at radius 1 is 0.897 bits per heavy atom. The molecule has 0 bridgehead atoms. The van der Waals surface area contributed by atoms with E-state index in [1.54, 1.807) is 11.0 Å². The van der Waals surface area contributed by atoms with Crippen LogP contribution in [0.3, 0.4) is 0 Å². The molecule has 0 radical (unpaired) electrons. The summed E-state index contributed by atoms with van der Waals surface area (Å²) in [5, 5.41) is 0.162. The first-order valence-corrected chi connectivity index (χ1v) is 11.9. The van der Waals surface area contributed by atoms with E-state index in [2.05, 4.69) is 6.07 Å². The van der Waals surface area contributed by atoms with E-state index < -0.39 is 10.0 Å². The van der Waals surface area contributed by atoms with Gasteiger partial charge in [0, 0.05) is 31.7 Å². The summed E-state index contributed by atoms with van der Waals surface area (Å²) in [4.78, 5) is 14.9. The van der Waals surface area contributed by atoms with Crippen molar-refractivity contribution in [2.75, 3.05) is 19.6 Å². The van der Waals surface area contributed by atoms with Gasteiger partial charge in [0.1, 0.15) is 4.90 Å². The van der Waals surface area contributed by atoms with Crippen molar-refractivity contribution in [1.29, 1.82) is 0 Å². The lowest BCUT2D eigenvalue weighted by molar-refractivity contribution is 0.0734. The van der Waals surface area contributed by atoms with Gasteiger partial charge in [-0.25, -0.2) is 8.42 Å². The van der Waals surface area contributed by atoms with Crippen molar-refractivity contribution in [2.45, 2.75) is 43.5 Å². The molecule has 1 saturated heterocycles. The predicted molar refractivity (Wildman–Crippen MR) is 114 cm³/mol. The van der Waals surface area contributed by atoms with Gasteiger partial charge in [-0.15, -0.1) is 0 Å².